The normalized spacial score (nSPS) is 7.58. The Morgan fingerprint density at radius 1 is 1.33 bits per heavy atom. The van der Waals surface area contributed by atoms with Crippen LogP contribution in [0.4, 0.5) is 11.4 Å². The lowest BCUT2D eigenvalue weighted by Gasteiger charge is -1.97. The molecule has 0 aliphatic rings. The maximum Gasteiger partial charge on any atom is 0.330 e. The SMILES string of the molecule is C=CC(=O)OCCO.Cc1ccc(N=C=O)cc1N=C=O.N=C=O. The molecule has 0 bridgehead atoms. The van der Waals surface area contributed by atoms with Gasteiger partial charge in [0.05, 0.1) is 18.0 Å². The third-order valence-corrected chi connectivity index (χ3v) is 2.04. The van der Waals surface area contributed by atoms with Crippen LogP contribution in [-0.2, 0) is 23.9 Å². The van der Waals surface area contributed by atoms with Crippen LogP contribution in [0.1, 0.15) is 5.56 Å². The van der Waals surface area contributed by atoms with Crippen molar-refractivity contribution in [2.24, 2.45) is 9.98 Å². The number of carbonyl (C=O) groups is 1. The quantitative estimate of drug-likeness (QED) is 0.361. The molecule has 0 radical (unpaired) electrons. The van der Waals surface area contributed by atoms with Gasteiger partial charge in [0.1, 0.15) is 6.61 Å². The van der Waals surface area contributed by atoms with Crippen LogP contribution in [0.15, 0.2) is 40.8 Å². The molecule has 0 unspecified atom stereocenters. The monoisotopic (exact) mass is 333 g/mol. The van der Waals surface area contributed by atoms with Gasteiger partial charge in [-0.25, -0.2) is 24.6 Å². The summed E-state index contributed by atoms with van der Waals surface area (Å²) in [6, 6.07) is 4.88. The molecule has 1 rings (SSSR count). The molecular weight excluding hydrogens is 318 g/mol. The fourth-order valence-corrected chi connectivity index (χ4v) is 1.09. The Hall–Kier alpha value is -3.47. The number of isocyanates is 3. The van der Waals surface area contributed by atoms with E-state index in [2.05, 4.69) is 21.3 Å². The second-order valence-electron chi connectivity index (χ2n) is 3.57. The van der Waals surface area contributed by atoms with Crippen molar-refractivity contribution in [1.29, 1.82) is 5.41 Å². The zero-order chi connectivity index (χ0) is 18.8. The second-order valence-corrected chi connectivity index (χ2v) is 3.57. The number of aliphatic hydroxyl groups is 1. The predicted octanol–water partition coefficient (Wildman–Crippen LogP) is 1.54. The van der Waals surface area contributed by atoms with Crippen LogP contribution >= 0.6 is 0 Å². The molecule has 0 aliphatic carbocycles. The van der Waals surface area contributed by atoms with E-state index in [1.165, 1.54) is 18.2 Å². The molecule has 0 heterocycles. The standard InChI is InChI=1S/C9H6N2O2.C5H8O3.CHNO/c1-7-2-3-8(10-5-12)4-9(7)11-6-13;1-2-5(7)8-4-3-6;2-1-3/h2-4H,1H3;2,6H,1,3-4H2;2H. The zero-order valence-corrected chi connectivity index (χ0v) is 12.8. The molecule has 0 spiro atoms. The summed E-state index contributed by atoms with van der Waals surface area (Å²) in [6.45, 7) is 4.86. The minimum atomic E-state index is -0.501. The summed E-state index contributed by atoms with van der Waals surface area (Å²) >= 11 is 0. The van der Waals surface area contributed by atoms with Crippen molar-refractivity contribution in [3.05, 3.63) is 36.4 Å². The molecule has 0 aromatic heterocycles. The number of hydrogen-bond donors (Lipinski definition) is 2. The summed E-state index contributed by atoms with van der Waals surface area (Å²) in [5.74, 6) is -0.501. The molecular formula is C15H15N3O6. The van der Waals surface area contributed by atoms with Gasteiger partial charge < -0.3 is 9.84 Å². The number of nitrogens with zero attached hydrogens (tertiary/aromatic N) is 2. The number of nitrogens with one attached hydrogen (secondary N) is 1. The maximum absolute atomic E-state index is 10.1. The van der Waals surface area contributed by atoms with Crippen LogP contribution < -0.4 is 0 Å². The van der Waals surface area contributed by atoms with Crippen molar-refractivity contribution < 1.29 is 29.0 Å². The highest BCUT2D eigenvalue weighted by Crippen LogP contribution is 2.23. The van der Waals surface area contributed by atoms with E-state index >= 15 is 0 Å². The minimum Gasteiger partial charge on any atom is -0.460 e. The Bertz CT molecular complexity index is 668. The highest BCUT2D eigenvalue weighted by molar-refractivity contribution is 5.81. The third-order valence-electron chi connectivity index (χ3n) is 2.04. The molecule has 0 fully saturated rings. The topological polar surface area (TPSA) is 146 Å². The number of aryl methyl sites for hydroxylation is 1. The Morgan fingerprint density at radius 2 is 1.92 bits per heavy atom. The smallest absolute Gasteiger partial charge is 0.330 e. The predicted molar refractivity (Wildman–Crippen MR) is 83.4 cm³/mol. The highest BCUT2D eigenvalue weighted by atomic mass is 16.5. The van der Waals surface area contributed by atoms with Crippen LogP contribution in [0.5, 0.6) is 0 Å². The van der Waals surface area contributed by atoms with Gasteiger partial charge in [-0.1, -0.05) is 12.6 Å². The van der Waals surface area contributed by atoms with E-state index < -0.39 is 5.97 Å². The van der Waals surface area contributed by atoms with E-state index in [1.807, 2.05) is 0 Å². The molecule has 9 heteroatoms. The van der Waals surface area contributed by atoms with Gasteiger partial charge in [0.2, 0.25) is 18.2 Å². The van der Waals surface area contributed by atoms with Crippen LogP contribution in [0.3, 0.4) is 0 Å². The number of benzene rings is 1. The Kier molecular flexibility index (Phi) is 15.1. The molecule has 0 saturated heterocycles. The van der Waals surface area contributed by atoms with E-state index in [9.17, 15) is 14.4 Å². The largest absolute Gasteiger partial charge is 0.460 e. The summed E-state index contributed by atoms with van der Waals surface area (Å²) in [4.78, 5) is 45.2. The number of esters is 1. The van der Waals surface area contributed by atoms with Crippen LogP contribution in [-0.4, -0.2) is 42.5 Å². The molecule has 2 N–H and O–H groups in total. The lowest BCUT2D eigenvalue weighted by Crippen LogP contribution is -2.04. The van der Waals surface area contributed by atoms with Gasteiger partial charge in [0.25, 0.3) is 0 Å². The number of aliphatic hydroxyl groups excluding tert-OH is 1. The van der Waals surface area contributed by atoms with Crippen LogP contribution in [0.25, 0.3) is 0 Å². The van der Waals surface area contributed by atoms with Gasteiger partial charge in [-0.3, -0.25) is 0 Å². The van der Waals surface area contributed by atoms with Crippen molar-refractivity contribution >= 4 is 35.6 Å². The van der Waals surface area contributed by atoms with Crippen molar-refractivity contribution in [2.45, 2.75) is 6.92 Å². The lowest BCUT2D eigenvalue weighted by atomic mass is 10.2. The lowest BCUT2D eigenvalue weighted by molar-refractivity contribution is -0.138. The average molecular weight is 333 g/mol. The zero-order valence-electron chi connectivity index (χ0n) is 12.8. The summed E-state index contributed by atoms with van der Waals surface area (Å²) in [6.07, 6.45) is 4.64. The van der Waals surface area contributed by atoms with E-state index in [4.69, 9.17) is 15.3 Å². The van der Waals surface area contributed by atoms with E-state index in [-0.39, 0.29) is 13.2 Å². The fourth-order valence-electron chi connectivity index (χ4n) is 1.09. The Balaban J connectivity index is 0. The number of hydrogen-bond acceptors (Lipinski definition) is 9. The molecule has 0 aliphatic heterocycles. The number of aliphatic imine (C=N–C) groups is 2. The van der Waals surface area contributed by atoms with E-state index in [0.29, 0.717) is 11.4 Å². The first-order valence-corrected chi connectivity index (χ1v) is 6.20. The summed E-state index contributed by atoms with van der Waals surface area (Å²) in [5.41, 5.74) is 1.72. The average Bonchev–Trinajstić information content (AvgIpc) is 2.57. The molecule has 0 atom stereocenters. The van der Waals surface area contributed by atoms with Crippen molar-refractivity contribution in [2.75, 3.05) is 13.2 Å². The number of ether oxygens (including phenoxy) is 1. The Morgan fingerprint density at radius 3 is 2.38 bits per heavy atom. The van der Waals surface area contributed by atoms with Gasteiger partial charge in [-0.15, -0.1) is 0 Å². The second kappa shape index (κ2) is 15.9. The van der Waals surface area contributed by atoms with Crippen molar-refractivity contribution in [3.63, 3.8) is 0 Å². The molecule has 9 nitrogen and oxygen atoms in total. The van der Waals surface area contributed by atoms with Crippen molar-refractivity contribution in [1.82, 2.24) is 0 Å². The van der Waals surface area contributed by atoms with Gasteiger partial charge in [-0.2, -0.15) is 9.98 Å². The summed E-state index contributed by atoms with van der Waals surface area (Å²) in [7, 11) is 0. The molecule has 1 aromatic carbocycles. The van der Waals surface area contributed by atoms with E-state index in [0.717, 1.165) is 17.7 Å². The van der Waals surface area contributed by atoms with Crippen LogP contribution in [0.2, 0.25) is 0 Å². The van der Waals surface area contributed by atoms with Gasteiger partial charge >= 0.3 is 5.97 Å². The van der Waals surface area contributed by atoms with E-state index in [1.54, 1.807) is 19.1 Å². The molecule has 1 aromatic rings. The first kappa shape index (κ1) is 22.8. The molecule has 126 valence electrons. The first-order valence-electron chi connectivity index (χ1n) is 6.20. The summed E-state index contributed by atoms with van der Waals surface area (Å²) < 4.78 is 4.33. The third kappa shape index (κ3) is 12.3. The summed E-state index contributed by atoms with van der Waals surface area (Å²) in [5, 5.41) is 13.5. The number of carbonyl (C=O) groups excluding carboxylic acids is 4. The van der Waals surface area contributed by atoms with Crippen molar-refractivity contribution in [3.8, 4) is 0 Å². The maximum atomic E-state index is 10.1. The Labute approximate surface area is 137 Å². The molecule has 24 heavy (non-hydrogen) atoms. The van der Waals surface area contributed by atoms with Gasteiger partial charge in [-0.05, 0) is 24.6 Å². The fraction of sp³-hybridized carbons (Fsp3) is 0.200. The molecule has 0 amide bonds. The highest BCUT2D eigenvalue weighted by Gasteiger charge is 1.97. The van der Waals surface area contributed by atoms with Crippen LogP contribution in [0, 0.1) is 12.3 Å². The first-order chi connectivity index (χ1) is 11.5. The van der Waals surface area contributed by atoms with Gasteiger partial charge in [0.15, 0.2) is 0 Å². The number of rotatable bonds is 5. The minimum absolute atomic E-state index is 0.0465. The van der Waals surface area contributed by atoms with Gasteiger partial charge in [0, 0.05) is 6.08 Å². The molecule has 0 saturated carbocycles.